The van der Waals surface area contributed by atoms with Crippen molar-refractivity contribution in [2.75, 3.05) is 6.54 Å². The summed E-state index contributed by atoms with van der Waals surface area (Å²) in [5, 5.41) is 6.88. The van der Waals surface area contributed by atoms with Crippen LogP contribution in [0, 0.1) is 0 Å². The highest BCUT2D eigenvalue weighted by molar-refractivity contribution is 9.10. The number of rotatable bonds is 0. The van der Waals surface area contributed by atoms with Gasteiger partial charge in [-0.15, -0.1) is 0 Å². The van der Waals surface area contributed by atoms with E-state index in [0.717, 1.165) is 4.47 Å². The Balaban J connectivity index is 2.57. The summed E-state index contributed by atoms with van der Waals surface area (Å²) in [6.45, 7) is 2.67. The van der Waals surface area contributed by atoms with Gasteiger partial charge >= 0.3 is 0 Å². The fourth-order valence-corrected chi connectivity index (χ4v) is 1.75. The van der Waals surface area contributed by atoms with E-state index in [1.165, 1.54) is 0 Å². The number of hydrogen-bond donors (Lipinski definition) is 1. The van der Waals surface area contributed by atoms with Gasteiger partial charge in [0.15, 0.2) is 0 Å². The number of carbonyl (C=O) groups excluding carboxylic acids is 1. The molecule has 0 spiro atoms. The molecule has 0 bridgehead atoms. The molecule has 0 aliphatic carbocycles. The first-order valence-corrected chi connectivity index (χ1v) is 4.50. The lowest BCUT2D eigenvalue weighted by Gasteiger charge is -2.21. The molecule has 4 nitrogen and oxygen atoms in total. The molecule has 0 saturated heterocycles. The molecule has 0 aromatic carbocycles. The minimum atomic E-state index is -0.0579. The Morgan fingerprint density at radius 3 is 3.25 bits per heavy atom. The first kappa shape index (κ1) is 7.79. The van der Waals surface area contributed by atoms with Crippen LogP contribution in [0.15, 0.2) is 10.7 Å². The van der Waals surface area contributed by atoms with E-state index >= 15 is 0 Å². The van der Waals surface area contributed by atoms with Crippen LogP contribution in [0.3, 0.4) is 0 Å². The van der Waals surface area contributed by atoms with Crippen LogP contribution in [0.2, 0.25) is 0 Å². The van der Waals surface area contributed by atoms with Crippen molar-refractivity contribution in [1.82, 2.24) is 15.1 Å². The van der Waals surface area contributed by atoms with Crippen molar-refractivity contribution in [1.29, 1.82) is 0 Å². The van der Waals surface area contributed by atoms with E-state index in [0.29, 0.717) is 12.2 Å². The molecule has 1 unspecified atom stereocenters. The van der Waals surface area contributed by atoms with E-state index in [1.54, 1.807) is 10.9 Å². The van der Waals surface area contributed by atoms with E-state index in [9.17, 15) is 4.79 Å². The summed E-state index contributed by atoms with van der Waals surface area (Å²) in [5.74, 6) is -0.0579. The molecule has 2 heterocycles. The zero-order valence-corrected chi connectivity index (χ0v) is 8.13. The third-order valence-corrected chi connectivity index (χ3v) is 2.52. The molecule has 1 N–H and O–H groups in total. The molecule has 1 amide bonds. The van der Waals surface area contributed by atoms with Gasteiger partial charge in [-0.3, -0.25) is 9.48 Å². The van der Waals surface area contributed by atoms with Crippen molar-refractivity contribution in [2.45, 2.75) is 13.0 Å². The van der Waals surface area contributed by atoms with Crippen LogP contribution in [0.1, 0.15) is 23.5 Å². The number of hydrogen-bond acceptors (Lipinski definition) is 2. The predicted octanol–water partition coefficient (Wildman–Crippen LogP) is 0.950. The molecule has 12 heavy (non-hydrogen) atoms. The van der Waals surface area contributed by atoms with Crippen LogP contribution in [0.4, 0.5) is 0 Å². The van der Waals surface area contributed by atoms with Gasteiger partial charge in [-0.25, -0.2) is 0 Å². The van der Waals surface area contributed by atoms with Gasteiger partial charge in [0.25, 0.3) is 5.91 Å². The predicted molar refractivity (Wildman–Crippen MR) is 47.0 cm³/mol. The maximum atomic E-state index is 11.3. The van der Waals surface area contributed by atoms with Crippen LogP contribution >= 0.6 is 15.9 Å². The normalized spacial score (nSPS) is 21.8. The topological polar surface area (TPSA) is 46.9 Å². The molecule has 64 valence electrons. The standard InChI is InChI=1S/C7H8BrN3O/c1-4-2-9-7(12)6-5(8)3-10-11(4)6/h3-4H,2H2,1H3,(H,9,12). The van der Waals surface area contributed by atoms with Crippen molar-refractivity contribution in [3.63, 3.8) is 0 Å². The Morgan fingerprint density at radius 1 is 1.83 bits per heavy atom. The highest BCUT2D eigenvalue weighted by Gasteiger charge is 2.24. The Hall–Kier alpha value is -0.840. The van der Waals surface area contributed by atoms with Gasteiger partial charge in [-0.1, -0.05) is 0 Å². The van der Waals surface area contributed by atoms with Crippen LogP contribution in [-0.4, -0.2) is 22.2 Å². The first-order valence-electron chi connectivity index (χ1n) is 3.71. The molecule has 0 radical (unpaired) electrons. The van der Waals surface area contributed by atoms with Gasteiger partial charge in [0, 0.05) is 6.54 Å². The average Bonchev–Trinajstić information content (AvgIpc) is 2.42. The molecule has 0 saturated carbocycles. The number of amides is 1. The van der Waals surface area contributed by atoms with E-state index in [4.69, 9.17) is 0 Å². The Labute approximate surface area is 78.1 Å². The van der Waals surface area contributed by atoms with Crippen LogP contribution in [0.25, 0.3) is 0 Å². The lowest BCUT2D eigenvalue weighted by Crippen LogP contribution is -2.38. The average molecular weight is 230 g/mol. The third kappa shape index (κ3) is 0.964. The van der Waals surface area contributed by atoms with Gasteiger partial charge in [0.05, 0.1) is 16.7 Å². The first-order chi connectivity index (χ1) is 5.70. The molecule has 0 fully saturated rings. The second kappa shape index (κ2) is 2.58. The van der Waals surface area contributed by atoms with Crippen LogP contribution in [0.5, 0.6) is 0 Å². The monoisotopic (exact) mass is 229 g/mol. The lowest BCUT2D eigenvalue weighted by atomic mass is 10.2. The highest BCUT2D eigenvalue weighted by Crippen LogP contribution is 2.21. The lowest BCUT2D eigenvalue weighted by molar-refractivity contribution is 0.0911. The van der Waals surface area contributed by atoms with Crippen molar-refractivity contribution in [3.05, 3.63) is 16.4 Å². The van der Waals surface area contributed by atoms with Gasteiger partial charge < -0.3 is 5.32 Å². The molecule has 1 aliphatic rings. The SMILES string of the molecule is CC1CNC(=O)c2c(Br)cnn21. The smallest absolute Gasteiger partial charge is 0.270 e. The fourth-order valence-electron chi connectivity index (χ4n) is 1.30. The minimum Gasteiger partial charge on any atom is -0.349 e. The van der Waals surface area contributed by atoms with Crippen LogP contribution in [-0.2, 0) is 0 Å². The molecule has 1 aliphatic heterocycles. The molecular formula is C7H8BrN3O. The Bertz CT molecular complexity index is 333. The molecule has 1 aromatic heterocycles. The molecule has 5 heteroatoms. The minimum absolute atomic E-state index is 0.0579. The van der Waals surface area contributed by atoms with Gasteiger partial charge in [-0.2, -0.15) is 5.10 Å². The third-order valence-electron chi connectivity index (χ3n) is 1.94. The van der Waals surface area contributed by atoms with E-state index < -0.39 is 0 Å². The van der Waals surface area contributed by atoms with Crippen molar-refractivity contribution in [2.24, 2.45) is 0 Å². The summed E-state index contributed by atoms with van der Waals surface area (Å²) in [4.78, 5) is 11.3. The van der Waals surface area contributed by atoms with Crippen LogP contribution < -0.4 is 5.32 Å². The molecular weight excluding hydrogens is 222 g/mol. The highest BCUT2D eigenvalue weighted by atomic mass is 79.9. The quantitative estimate of drug-likeness (QED) is 0.721. The van der Waals surface area contributed by atoms with Gasteiger partial charge in [-0.05, 0) is 22.9 Å². The number of nitrogens with zero attached hydrogens (tertiary/aromatic N) is 2. The number of aromatic nitrogens is 2. The van der Waals surface area contributed by atoms with E-state index in [2.05, 4.69) is 26.3 Å². The van der Waals surface area contributed by atoms with E-state index in [-0.39, 0.29) is 11.9 Å². The summed E-state index contributed by atoms with van der Waals surface area (Å²) in [5.41, 5.74) is 0.619. The number of nitrogens with one attached hydrogen (secondary N) is 1. The second-order valence-electron chi connectivity index (χ2n) is 2.84. The number of halogens is 1. The molecule has 1 aromatic rings. The van der Waals surface area contributed by atoms with Crippen molar-refractivity contribution < 1.29 is 4.79 Å². The zero-order valence-electron chi connectivity index (χ0n) is 6.54. The fraction of sp³-hybridized carbons (Fsp3) is 0.429. The summed E-state index contributed by atoms with van der Waals surface area (Å²) in [6, 6.07) is 0.240. The van der Waals surface area contributed by atoms with Crippen molar-refractivity contribution >= 4 is 21.8 Å². The van der Waals surface area contributed by atoms with Gasteiger partial charge in [0.1, 0.15) is 5.69 Å². The maximum Gasteiger partial charge on any atom is 0.270 e. The number of fused-ring (bicyclic) bond motifs is 1. The van der Waals surface area contributed by atoms with Gasteiger partial charge in [0.2, 0.25) is 0 Å². The molecule has 1 atom stereocenters. The zero-order chi connectivity index (χ0) is 8.72. The number of carbonyl (C=O) groups is 1. The Kier molecular flexibility index (Phi) is 1.68. The largest absolute Gasteiger partial charge is 0.349 e. The maximum absolute atomic E-state index is 11.3. The second-order valence-corrected chi connectivity index (χ2v) is 3.70. The molecule has 2 rings (SSSR count). The van der Waals surface area contributed by atoms with E-state index in [1.807, 2.05) is 6.92 Å². The Morgan fingerprint density at radius 2 is 2.58 bits per heavy atom. The summed E-state index contributed by atoms with van der Waals surface area (Å²) in [7, 11) is 0. The van der Waals surface area contributed by atoms with Crippen molar-refractivity contribution in [3.8, 4) is 0 Å². The summed E-state index contributed by atoms with van der Waals surface area (Å²) >= 11 is 3.28. The summed E-state index contributed by atoms with van der Waals surface area (Å²) in [6.07, 6.45) is 1.65. The summed E-state index contributed by atoms with van der Waals surface area (Å²) < 4.78 is 2.50.